The van der Waals surface area contributed by atoms with Crippen LogP contribution in [0.3, 0.4) is 0 Å². The lowest BCUT2D eigenvalue weighted by Crippen LogP contribution is -2.60. The molecular weight excluding hydrogens is 216 g/mol. The Morgan fingerprint density at radius 3 is 2.65 bits per heavy atom. The molecule has 0 heterocycles. The molecule has 1 rings (SSSR count). The van der Waals surface area contributed by atoms with Crippen LogP contribution in [0.15, 0.2) is 0 Å². The van der Waals surface area contributed by atoms with E-state index in [4.69, 9.17) is 10.5 Å². The molecule has 4 N–H and O–H groups in total. The summed E-state index contributed by atoms with van der Waals surface area (Å²) in [5, 5.41) is 13.1. The molecule has 4 nitrogen and oxygen atoms in total. The van der Waals surface area contributed by atoms with Crippen LogP contribution >= 0.6 is 0 Å². The normalized spacial score (nSPS) is 28.9. The third-order valence-corrected chi connectivity index (χ3v) is 4.12. The van der Waals surface area contributed by atoms with Gasteiger partial charge in [-0.15, -0.1) is 0 Å². The summed E-state index contributed by atoms with van der Waals surface area (Å²) in [6.07, 6.45) is 5.68. The molecule has 3 atom stereocenters. The topological polar surface area (TPSA) is 67.5 Å². The van der Waals surface area contributed by atoms with E-state index in [0.29, 0.717) is 25.1 Å². The van der Waals surface area contributed by atoms with Crippen molar-refractivity contribution in [1.82, 2.24) is 5.32 Å². The molecule has 0 aliphatic heterocycles. The standard InChI is InChI=1S/C13H28N2O2/c1-3-13(9-14,10-17-2)15-12-7-5-4-6-11(12)8-16/h11-12,15-16H,3-10,14H2,1-2H3. The quantitative estimate of drug-likeness (QED) is 0.622. The first kappa shape index (κ1) is 14.9. The van der Waals surface area contributed by atoms with Gasteiger partial charge in [0, 0.05) is 26.3 Å². The highest BCUT2D eigenvalue weighted by molar-refractivity contribution is 4.94. The van der Waals surface area contributed by atoms with Crippen LogP contribution in [0.5, 0.6) is 0 Å². The highest BCUT2D eigenvalue weighted by Crippen LogP contribution is 2.26. The fourth-order valence-electron chi connectivity index (χ4n) is 2.79. The van der Waals surface area contributed by atoms with E-state index in [1.165, 1.54) is 12.8 Å². The number of hydrogen-bond donors (Lipinski definition) is 3. The maximum Gasteiger partial charge on any atom is 0.0656 e. The molecule has 1 aliphatic carbocycles. The van der Waals surface area contributed by atoms with Gasteiger partial charge in [-0.25, -0.2) is 0 Å². The molecule has 1 saturated carbocycles. The summed E-state index contributed by atoms with van der Waals surface area (Å²) in [6, 6.07) is 0.382. The monoisotopic (exact) mass is 244 g/mol. The third kappa shape index (κ3) is 3.91. The van der Waals surface area contributed by atoms with Gasteiger partial charge >= 0.3 is 0 Å². The van der Waals surface area contributed by atoms with Crippen molar-refractivity contribution in [2.24, 2.45) is 11.7 Å². The van der Waals surface area contributed by atoms with Crippen LogP contribution in [-0.2, 0) is 4.74 Å². The average Bonchev–Trinajstić information content (AvgIpc) is 2.38. The Balaban J connectivity index is 2.63. The summed E-state index contributed by atoms with van der Waals surface area (Å²) in [5.41, 5.74) is 5.77. The zero-order valence-electron chi connectivity index (χ0n) is 11.2. The minimum atomic E-state index is -0.135. The van der Waals surface area contributed by atoms with Crippen molar-refractivity contribution in [1.29, 1.82) is 0 Å². The molecule has 0 aromatic carbocycles. The lowest BCUT2D eigenvalue weighted by molar-refractivity contribution is 0.0723. The lowest BCUT2D eigenvalue weighted by atomic mass is 9.82. The number of rotatable bonds is 7. The zero-order valence-corrected chi connectivity index (χ0v) is 11.2. The predicted octanol–water partition coefficient (Wildman–Crippen LogP) is 0.881. The third-order valence-electron chi connectivity index (χ3n) is 4.12. The van der Waals surface area contributed by atoms with Gasteiger partial charge in [0.25, 0.3) is 0 Å². The van der Waals surface area contributed by atoms with Gasteiger partial charge in [-0.2, -0.15) is 0 Å². The van der Waals surface area contributed by atoms with Gasteiger partial charge in [0.05, 0.1) is 12.1 Å². The largest absolute Gasteiger partial charge is 0.396 e. The molecule has 0 amide bonds. The highest BCUT2D eigenvalue weighted by atomic mass is 16.5. The van der Waals surface area contributed by atoms with E-state index >= 15 is 0 Å². The summed E-state index contributed by atoms with van der Waals surface area (Å²) in [5.74, 6) is 0.373. The highest BCUT2D eigenvalue weighted by Gasteiger charge is 2.33. The minimum absolute atomic E-state index is 0.135. The maximum atomic E-state index is 9.43. The van der Waals surface area contributed by atoms with Crippen molar-refractivity contribution in [2.45, 2.75) is 50.6 Å². The van der Waals surface area contributed by atoms with Gasteiger partial charge in [-0.3, -0.25) is 0 Å². The lowest BCUT2D eigenvalue weighted by Gasteiger charge is -2.40. The zero-order chi connectivity index (χ0) is 12.7. The van der Waals surface area contributed by atoms with E-state index in [1.807, 2.05) is 0 Å². The number of ether oxygens (including phenoxy) is 1. The summed E-state index contributed by atoms with van der Waals surface area (Å²) in [4.78, 5) is 0. The van der Waals surface area contributed by atoms with E-state index < -0.39 is 0 Å². The van der Waals surface area contributed by atoms with Crippen molar-refractivity contribution in [3.05, 3.63) is 0 Å². The Bertz CT molecular complexity index is 208. The maximum absolute atomic E-state index is 9.43. The first-order valence-corrected chi connectivity index (χ1v) is 6.79. The van der Waals surface area contributed by atoms with E-state index in [1.54, 1.807) is 7.11 Å². The number of aliphatic hydroxyl groups excluding tert-OH is 1. The molecule has 1 fully saturated rings. The summed E-state index contributed by atoms with van der Waals surface area (Å²) >= 11 is 0. The molecule has 0 saturated heterocycles. The molecule has 0 spiro atoms. The molecule has 3 unspecified atom stereocenters. The predicted molar refractivity (Wildman–Crippen MR) is 69.9 cm³/mol. The Morgan fingerprint density at radius 2 is 2.12 bits per heavy atom. The van der Waals surface area contributed by atoms with Crippen LogP contribution < -0.4 is 11.1 Å². The summed E-state index contributed by atoms with van der Waals surface area (Å²) in [6.45, 7) is 3.62. The van der Waals surface area contributed by atoms with E-state index in [-0.39, 0.29) is 12.1 Å². The van der Waals surface area contributed by atoms with Gasteiger partial charge < -0.3 is 20.9 Å². The SMILES string of the molecule is CCC(CN)(COC)NC1CCCCC1CO. The Hall–Kier alpha value is -0.160. The van der Waals surface area contributed by atoms with Crippen LogP contribution in [0.4, 0.5) is 0 Å². The Morgan fingerprint density at radius 1 is 1.41 bits per heavy atom. The molecule has 0 radical (unpaired) electrons. The first-order chi connectivity index (χ1) is 8.21. The molecule has 0 bridgehead atoms. The van der Waals surface area contributed by atoms with Crippen LogP contribution in [0, 0.1) is 5.92 Å². The van der Waals surface area contributed by atoms with Crippen LogP contribution in [0.2, 0.25) is 0 Å². The summed E-state index contributed by atoms with van der Waals surface area (Å²) in [7, 11) is 1.71. The molecule has 4 heteroatoms. The molecule has 0 aromatic rings. The number of hydrogen-bond acceptors (Lipinski definition) is 4. The fraction of sp³-hybridized carbons (Fsp3) is 1.00. The average molecular weight is 244 g/mol. The van der Waals surface area contributed by atoms with Gasteiger partial charge in [-0.05, 0) is 25.2 Å². The smallest absolute Gasteiger partial charge is 0.0656 e. The molecular formula is C13H28N2O2. The number of nitrogens with one attached hydrogen (secondary N) is 1. The molecule has 102 valence electrons. The van der Waals surface area contributed by atoms with Crippen molar-refractivity contribution < 1.29 is 9.84 Å². The second kappa shape index (κ2) is 7.31. The minimum Gasteiger partial charge on any atom is -0.396 e. The van der Waals surface area contributed by atoms with Gasteiger partial charge in [0.1, 0.15) is 0 Å². The van der Waals surface area contributed by atoms with Crippen molar-refractivity contribution >= 4 is 0 Å². The second-order valence-electron chi connectivity index (χ2n) is 5.25. The van der Waals surface area contributed by atoms with Crippen LogP contribution in [0.1, 0.15) is 39.0 Å². The van der Waals surface area contributed by atoms with Crippen LogP contribution in [-0.4, -0.2) is 43.6 Å². The number of methoxy groups -OCH3 is 1. The van der Waals surface area contributed by atoms with Crippen molar-refractivity contribution in [3.8, 4) is 0 Å². The van der Waals surface area contributed by atoms with Crippen LogP contribution in [0.25, 0.3) is 0 Å². The fourth-order valence-corrected chi connectivity index (χ4v) is 2.79. The van der Waals surface area contributed by atoms with E-state index in [2.05, 4.69) is 12.2 Å². The Kier molecular flexibility index (Phi) is 6.41. The van der Waals surface area contributed by atoms with Crippen molar-refractivity contribution in [2.75, 3.05) is 26.9 Å². The molecule has 1 aliphatic rings. The van der Waals surface area contributed by atoms with E-state index in [9.17, 15) is 5.11 Å². The van der Waals surface area contributed by atoms with Gasteiger partial charge in [0.15, 0.2) is 0 Å². The first-order valence-electron chi connectivity index (χ1n) is 6.79. The van der Waals surface area contributed by atoms with E-state index in [0.717, 1.165) is 19.3 Å². The number of nitrogens with two attached hydrogens (primary N) is 1. The molecule has 0 aromatic heterocycles. The van der Waals surface area contributed by atoms with Gasteiger partial charge in [-0.1, -0.05) is 19.8 Å². The van der Waals surface area contributed by atoms with Gasteiger partial charge in [0.2, 0.25) is 0 Å². The second-order valence-corrected chi connectivity index (χ2v) is 5.25. The summed E-state index contributed by atoms with van der Waals surface area (Å²) < 4.78 is 5.29. The number of aliphatic hydroxyl groups is 1. The molecule has 17 heavy (non-hydrogen) atoms. The van der Waals surface area contributed by atoms with Crippen molar-refractivity contribution in [3.63, 3.8) is 0 Å². The Labute approximate surface area is 105 Å².